The SMILES string of the molecule is O=C(CCc1nc2ccccc2c(=O)[nH]1)NCCn1cnc2ccccc2c1=O. The van der Waals surface area contributed by atoms with E-state index in [9.17, 15) is 14.4 Å². The Bertz CT molecular complexity index is 1310. The summed E-state index contributed by atoms with van der Waals surface area (Å²) in [7, 11) is 0. The average molecular weight is 389 g/mol. The molecular formula is C21H19N5O3. The summed E-state index contributed by atoms with van der Waals surface area (Å²) in [4.78, 5) is 48.0. The molecule has 0 aliphatic heterocycles. The fourth-order valence-electron chi connectivity index (χ4n) is 3.15. The summed E-state index contributed by atoms with van der Waals surface area (Å²) >= 11 is 0. The van der Waals surface area contributed by atoms with Gasteiger partial charge in [-0.2, -0.15) is 0 Å². The molecule has 0 radical (unpaired) electrons. The highest BCUT2D eigenvalue weighted by Gasteiger charge is 2.07. The lowest BCUT2D eigenvalue weighted by Gasteiger charge is -2.08. The number of aromatic amines is 1. The molecule has 146 valence electrons. The Kier molecular flexibility index (Phi) is 5.15. The van der Waals surface area contributed by atoms with Crippen LogP contribution in [0.2, 0.25) is 0 Å². The number of amides is 1. The molecule has 29 heavy (non-hydrogen) atoms. The normalized spacial score (nSPS) is 11.0. The monoisotopic (exact) mass is 389 g/mol. The van der Waals surface area contributed by atoms with Crippen LogP contribution in [-0.2, 0) is 17.8 Å². The molecule has 0 aliphatic rings. The Morgan fingerprint density at radius 1 is 1.00 bits per heavy atom. The van der Waals surface area contributed by atoms with Crippen LogP contribution in [0.15, 0.2) is 64.4 Å². The van der Waals surface area contributed by atoms with Crippen molar-refractivity contribution in [3.63, 3.8) is 0 Å². The van der Waals surface area contributed by atoms with Gasteiger partial charge in [0.1, 0.15) is 5.82 Å². The van der Waals surface area contributed by atoms with Gasteiger partial charge in [0.15, 0.2) is 0 Å². The first-order chi connectivity index (χ1) is 14.1. The number of nitrogens with one attached hydrogen (secondary N) is 2. The molecule has 0 saturated carbocycles. The van der Waals surface area contributed by atoms with E-state index >= 15 is 0 Å². The van der Waals surface area contributed by atoms with Crippen LogP contribution in [0.25, 0.3) is 21.8 Å². The number of benzene rings is 2. The van der Waals surface area contributed by atoms with Crippen molar-refractivity contribution < 1.29 is 4.79 Å². The number of H-pyrrole nitrogens is 1. The van der Waals surface area contributed by atoms with E-state index in [1.54, 1.807) is 36.4 Å². The van der Waals surface area contributed by atoms with Gasteiger partial charge in [-0.15, -0.1) is 0 Å². The predicted octanol–water partition coefficient (Wildman–Crippen LogP) is 1.38. The van der Waals surface area contributed by atoms with Crippen LogP contribution in [0.5, 0.6) is 0 Å². The smallest absolute Gasteiger partial charge is 0.261 e. The van der Waals surface area contributed by atoms with Crippen LogP contribution in [0.3, 0.4) is 0 Å². The topological polar surface area (TPSA) is 110 Å². The van der Waals surface area contributed by atoms with Crippen LogP contribution in [0.1, 0.15) is 12.2 Å². The number of para-hydroxylation sites is 2. The van der Waals surface area contributed by atoms with E-state index in [2.05, 4.69) is 20.3 Å². The van der Waals surface area contributed by atoms with Crippen molar-refractivity contribution in [3.05, 3.63) is 81.4 Å². The van der Waals surface area contributed by atoms with E-state index in [0.29, 0.717) is 47.1 Å². The second kappa shape index (κ2) is 8.05. The number of rotatable bonds is 6. The third-order valence-electron chi connectivity index (χ3n) is 4.66. The highest BCUT2D eigenvalue weighted by Crippen LogP contribution is 2.07. The Labute approximate surface area is 165 Å². The molecule has 4 rings (SSSR count). The van der Waals surface area contributed by atoms with Gasteiger partial charge in [-0.3, -0.25) is 19.0 Å². The summed E-state index contributed by atoms with van der Waals surface area (Å²) in [5.74, 6) is 0.293. The molecular weight excluding hydrogens is 370 g/mol. The molecule has 2 aromatic heterocycles. The van der Waals surface area contributed by atoms with E-state index in [0.717, 1.165) is 0 Å². The van der Waals surface area contributed by atoms with Crippen molar-refractivity contribution in [1.82, 2.24) is 24.8 Å². The van der Waals surface area contributed by atoms with Crippen LogP contribution in [0.4, 0.5) is 0 Å². The zero-order valence-corrected chi connectivity index (χ0v) is 15.6. The van der Waals surface area contributed by atoms with Crippen molar-refractivity contribution in [2.24, 2.45) is 0 Å². The van der Waals surface area contributed by atoms with Crippen LogP contribution in [-0.4, -0.2) is 32.0 Å². The van der Waals surface area contributed by atoms with Gasteiger partial charge >= 0.3 is 0 Å². The average Bonchev–Trinajstić information content (AvgIpc) is 2.74. The second-order valence-corrected chi connectivity index (χ2v) is 6.64. The van der Waals surface area contributed by atoms with Crippen LogP contribution < -0.4 is 16.4 Å². The van der Waals surface area contributed by atoms with Crippen molar-refractivity contribution in [3.8, 4) is 0 Å². The van der Waals surface area contributed by atoms with Gasteiger partial charge in [0.25, 0.3) is 11.1 Å². The summed E-state index contributed by atoms with van der Waals surface area (Å²) in [6.07, 6.45) is 2.00. The number of nitrogens with zero attached hydrogens (tertiary/aromatic N) is 3. The molecule has 0 aliphatic carbocycles. The van der Waals surface area contributed by atoms with Gasteiger partial charge in [-0.1, -0.05) is 24.3 Å². The number of aryl methyl sites for hydroxylation is 1. The molecule has 8 nitrogen and oxygen atoms in total. The molecule has 2 N–H and O–H groups in total. The fraction of sp³-hybridized carbons (Fsp3) is 0.190. The van der Waals surface area contributed by atoms with Gasteiger partial charge < -0.3 is 10.3 Å². The molecule has 0 bridgehead atoms. The Hall–Kier alpha value is -3.81. The van der Waals surface area contributed by atoms with E-state index in [4.69, 9.17) is 0 Å². The molecule has 0 unspecified atom stereocenters. The van der Waals surface area contributed by atoms with Crippen molar-refractivity contribution >= 4 is 27.7 Å². The molecule has 0 saturated heterocycles. The molecule has 2 aromatic carbocycles. The van der Waals surface area contributed by atoms with Gasteiger partial charge in [0, 0.05) is 25.9 Å². The molecule has 1 amide bonds. The minimum Gasteiger partial charge on any atom is -0.354 e. The summed E-state index contributed by atoms with van der Waals surface area (Å²) in [6.45, 7) is 0.633. The highest BCUT2D eigenvalue weighted by molar-refractivity contribution is 5.78. The number of hydrogen-bond donors (Lipinski definition) is 2. The summed E-state index contributed by atoms with van der Waals surface area (Å²) in [5, 5.41) is 3.85. The van der Waals surface area contributed by atoms with Gasteiger partial charge in [-0.05, 0) is 24.3 Å². The van der Waals surface area contributed by atoms with Gasteiger partial charge in [0.05, 0.1) is 28.1 Å². The van der Waals surface area contributed by atoms with Crippen molar-refractivity contribution in [2.45, 2.75) is 19.4 Å². The number of carbonyl (C=O) groups excluding carboxylic acids is 1. The number of hydrogen-bond acceptors (Lipinski definition) is 5. The molecule has 2 heterocycles. The Balaban J connectivity index is 1.33. The second-order valence-electron chi connectivity index (χ2n) is 6.64. The Morgan fingerprint density at radius 3 is 2.55 bits per heavy atom. The van der Waals surface area contributed by atoms with Crippen molar-refractivity contribution in [1.29, 1.82) is 0 Å². The maximum Gasteiger partial charge on any atom is 0.261 e. The minimum atomic E-state index is -0.214. The number of carbonyl (C=O) groups is 1. The maximum absolute atomic E-state index is 12.4. The van der Waals surface area contributed by atoms with Crippen molar-refractivity contribution in [2.75, 3.05) is 6.54 Å². The third kappa shape index (κ3) is 4.06. The summed E-state index contributed by atoms with van der Waals surface area (Å²) in [6, 6.07) is 14.2. The molecule has 8 heteroatoms. The largest absolute Gasteiger partial charge is 0.354 e. The lowest BCUT2D eigenvalue weighted by Crippen LogP contribution is -2.31. The number of aromatic nitrogens is 4. The quantitative estimate of drug-likeness (QED) is 0.518. The lowest BCUT2D eigenvalue weighted by molar-refractivity contribution is -0.121. The number of fused-ring (bicyclic) bond motifs is 2. The predicted molar refractivity (Wildman–Crippen MR) is 110 cm³/mol. The van der Waals surface area contributed by atoms with E-state index in [1.807, 2.05) is 12.1 Å². The first-order valence-electron chi connectivity index (χ1n) is 9.30. The molecule has 0 spiro atoms. The zero-order valence-electron chi connectivity index (χ0n) is 15.6. The highest BCUT2D eigenvalue weighted by atomic mass is 16.2. The maximum atomic E-state index is 12.4. The minimum absolute atomic E-state index is 0.136. The van der Waals surface area contributed by atoms with E-state index < -0.39 is 0 Å². The first-order valence-corrected chi connectivity index (χ1v) is 9.30. The van der Waals surface area contributed by atoms with E-state index in [-0.39, 0.29) is 23.4 Å². The first kappa shape index (κ1) is 18.5. The lowest BCUT2D eigenvalue weighted by atomic mass is 10.2. The molecule has 4 aromatic rings. The third-order valence-corrected chi connectivity index (χ3v) is 4.66. The zero-order chi connectivity index (χ0) is 20.2. The van der Waals surface area contributed by atoms with Gasteiger partial charge in [0.2, 0.25) is 5.91 Å². The Morgan fingerprint density at radius 2 is 1.72 bits per heavy atom. The molecule has 0 atom stereocenters. The standard InChI is InChI=1S/C21H19N5O3/c27-19(10-9-18-24-17-8-4-1-5-14(17)20(28)25-18)22-11-12-26-13-23-16-7-3-2-6-15(16)21(26)29/h1-8,13H,9-12H2,(H,22,27)(H,24,25,28). The van der Waals surface area contributed by atoms with Crippen LogP contribution >= 0.6 is 0 Å². The molecule has 0 fully saturated rings. The van der Waals surface area contributed by atoms with Gasteiger partial charge in [-0.25, -0.2) is 9.97 Å². The summed E-state index contributed by atoms with van der Waals surface area (Å²) in [5.41, 5.74) is 0.904. The van der Waals surface area contributed by atoms with E-state index in [1.165, 1.54) is 10.9 Å². The van der Waals surface area contributed by atoms with Crippen LogP contribution in [0, 0.1) is 0 Å². The fourth-order valence-corrected chi connectivity index (χ4v) is 3.15. The summed E-state index contributed by atoms with van der Waals surface area (Å²) < 4.78 is 1.48.